The molecule has 1 amide bonds. The molecular formula is C18H13BrN2O3S. The van der Waals surface area contributed by atoms with E-state index in [1.807, 2.05) is 60.0 Å². The molecule has 126 valence electrons. The van der Waals surface area contributed by atoms with E-state index in [-0.39, 0.29) is 6.61 Å². The Bertz CT molecular complexity index is 896. The molecule has 0 saturated carbocycles. The molecule has 0 fully saturated rings. The number of hydrogen-bond acceptors (Lipinski definition) is 5. The molecule has 0 bridgehead atoms. The van der Waals surface area contributed by atoms with Crippen molar-refractivity contribution in [3.8, 4) is 11.3 Å². The fourth-order valence-electron chi connectivity index (χ4n) is 2.06. The molecule has 0 aliphatic rings. The standard InChI is InChI=1S/C18H13BrN2O3S/c19-14-9-5-4-8-13(14)15-11-25-18(20-15)21-16(22)17(23)24-10-12-6-2-1-3-7-12/h1-9,11H,10H2,(H,20,21,22). The summed E-state index contributed by atoms with van der Waals surface area (Å²) in [7, 11) is 0. The largest absolute Gasteiger partial charge is 0.454 e. The Morgan fingerprint density at radius 2 is 1.80 bits per heavy atom. The molecule has 5 nitrogen and oxygen atoms in total. The summed E-state index contributed by atoms with van der Waals surface area (Å²) in [5.41, 5.74) is 2.44. The maximum Gasteiger partial charge on any atom is 0.397 e. The summed E-state index contributed by atoms with van der Waals surface area (Å²) in [5.74, 6) is -1.79. The van der Waals surface area contributed by atoms with Gasteiger partial charge in [0.25, 0.3) is 0 Å². The summed E-state index contributed by atoms with van der Waals surface area (Å²) in [6.45, 7) is 0.0488. The van der Waals surface area contributed by atoms with Crippen LogP contribution in [0.1, 0.15) is 5.56 Å². The third kappa shape index (κ3) is 4.52. The Morgan fingerprint density at radius 1 is 1.08 bits per heavy atom. The van der Waals surface area contributed by atoms with Gasteiger partial charge in [0.2, 0.25) is 0 Å². The fraction of sp³-hybridized carbons (Fsp3) is 0.0556. The van der Waals surface area contributed by atoms with Crippen LogP contribution in [0, 0.1) is 0 Å². The number of anilines is 1. The van der Waals surface area contributed by atoms with Gasteiger partial charge in [0.05, 0.1) is 5.69 Å². The van der Waals surface area contributed by atoms with Gasteiger partial charge in [-0.25, -0.2) is 9.78 Å². The minimum absolute atomic E-state index is 0.0488. The molecule has 0 atom stereocenters. The van der Waals surface area contributed by atoms with Crippen molar-refractivity contribution < 1.29 is 14.3 Å². The van der Waals surface area contributed by atoms with Crippen LogP contribution in [0.15, 0.2) is 64.5 Å². The maximum absolute atomic E-state index is 11.9. The number of aromatic nitrogens is 1. The minimum atomic E-state index is -0.943. The van der Waals surface area contributed by atoms with Crippen LogP contribution in [-0.2, 0) is 20.9 Å². The van der Waals surface area contributed by atoms with Gasteiger partial charge in [-0.05, 0) is 11.6 Å². The molecule has 0 saturated heterocycles. The van der Waals surface area contributed by atoms with Crippen LogP contribution in [0.5, 0.6) is 0 Å². The van der Waals surface area contributed by atoms with Crippen molar-refractivity contribution in [2.45, 2.75) is 6.61 Å². The van der Waals surface area contributed by atoms with Crippen LogP contribution in [0.2, 0.25) is 0 Å². The molecule has 0 aliphatic heterocycles. The lowest BCUT2D eigenvalue weighted by Crippen LogP contribution is -2.24. The first kappa shape index (κ1) is 17.3. The van der Waals surface area contributed by atoms with Crippen molar-refractivity contribution in [2.75, 3.05) is 5.32 Å². The number of carbonyl (C=O) groups is 2. The second-order valence-corrected chi connectivity index (χ2v) is 6.75. The highest BCUT2D eigenvalue weighted by atomic mass is 79.9. The van der Waals surface area contributed by atoms with Crippen molar-refractivity contribution in [3.05, 3.63) is 70.0 Å². The summed E-state index contributed by atoms with van der Waals surface area (Å²) < 4.78 is 5.89. The van der Waals surface area contributed by atoms with E-state index in [9.17, 15) is 9.59 Å². The van der Waals surface area contributed by atoms with Gasteiger partial charge in [-0.3, -0.25) is 10.1 Å². The van der Waals surface area contributed by atoms with Crippen molar-refractivity contribution >= 4 is 44.3 Å². The summed E-state index contributed by atoms with van der Waals surface area (Å²) in [4.78, 5) is 28.0. The number of hydrogen-bond donors (Lipinski definition) is 1. The van der Waals surface area contributed by atoms with Crippen LogP contribution in [0.4, 0.5) is 5.13 Å². The van der Waals surface area contributed by atoms with E-state index in [1.165, 1.54) is 11.3 Å². The predicted octanol–water partition coefficient (Wildman–Crippen LogP) is 4.25. The van der Waals surface area contributed by atoms with Crippen LogP contribution in [0.25, 0.3) is 11.3 Å². The van der Waals surface area contributed by atoms with E-state index in [0.717, 1.165) is 15.6 Å². The third-order valence-electron chi connectivity index (χ3n) is 3.27. The number of nitrogens with one attached hydrogen (secondary N) is 1. The topological polar surface area (TPSA) is 68.3 Å². The first-order valence-electron chi connectivity index (χ1n) is 7.36. The molecule has 0 aliphatic carbocycles. The first-order chi connectivity index (χ1) is 12.1. The van der Waals surface area contributed by atoms with Crippen LogP contribution in [0.3, 0.4) is 0 Å². The van der Waals surface area contributed by atoms with Gasteiger partial charge in [-0.2, -0.15) is 0 Å². The molecule has 3 aromatic rings. The summed E-state index contributed by atoms with van der Waals surface area (Å²) >= 11 is 4.70. The minimum Gasteiger partial charge on any atom is -0.454 e. The number of esters is 1. The second-order valence-electron chi connectivity index (χ2n) is 5.03. The molecule has 1 aromatic heterocycles. The highest BCUT2D eigenvalue weighted by Crippen LogP contribution is 2.30. The molecular weight excluding hydrogens is 404 g/mol. The van der Waals surface area contributed by atoms with Crippen molar-refractivity contribution in [3.63, 3.8) is 0 Å². The zero-order valence-corrected chi connectivity index (χ0v) is 15.3. The molecule has 3 rings (SSSR count). The van der Waals surface area contributed by atoms with Crippen molar-refractivity contribution in [2.24, 2.45) is 0 Å². The van der Waals surface area contributed by atoms with E-state index in [1.54, 1.807) is 0 Å². The molecule has 7 heteroatoms. The van der Waals surface area contributed by atoms with Crippen LogP contribution in [-0.4, -0.2) is 16.9 Å². The van der Waals surface area contributed by atoms with Gasteiger partial charge in [-0.1, -0.05) is 64.5 Å². The number of amides is 1. The molecule has 0 spiro atoms. The quantitative estimate of drug-likeness (QED) is 0.509. The molecule has 1 N–H and O–H groups in total. The molecule has 0 unspecified atom stereocenters. The number of ether oxygens (including phenoxy) is 1. The van der Waals surface area contributed by atoms with Crippen LogP contribution < -0.4 is 5.32 Å². The number of thiazole rings is 1. The molecule has 2 aromatic carbocycles. The van der Waals surface area contributed by atoms with Crippen LogP contribution >= 0.6 is 27.3 Å². The Balaban J connectivity index is 1.60. The lowest BCUT2D eigenvalue weighted by molar-refractivity contribution is -0.153. The highest BCUT2D eigenvalue weighted by Gasteiger charge is 2.18. The lowest BCUT2D eigenvalue weighted by atomic mass is 10.2. The van der Waals surface area contributed by atoms with Crippen molar-refractivity contribution in [1.29, 1.82) is 0 Å². The average Bonchev–Trinajstić information content (AvgIpc) is 3.09. The average molecular weight is 417 g/mol. The Labute approximate surface area is 156 Å². The Morgan fingerprint density at radius 3 is 2.56 bits per heavy atom. The van der Waals surface area contributed by atoms with Gasteiger partial charge >= 0.3 is 11.9 Å². The predicted molar refractivity (Wildman–Crippen MR) is 100 cm³/mol. The number of carbonyl (C=O) groups excluding carboxylic acids is 2. The number of rotatable bonds is 4. The SMILES string of the molecule is O=C(Nc1nc(-c2ccccc2Br)cs1)C(=O)OCc1ccccc1. The maximum atomic E-state index is 11.9. The van der Waals surface area contributed by atoms with E-state index >= 15 is 0 Å². The van der Waals surface area contributed by atoms with E-state index in [0.29, 0.717) is 10.8 Å². The van der Waals surface area contributed by atoms with E-state index in [2.05, 4.69) is 26.2 Å². The molecule has 25 heavy (non-hydrogen) atoms. The second kappa shape index (κ2) is 8.04. The number of benzene rings is 2. The fourth-order valence-corrected chi connectivity index (χ4v) is 3.25. The zero-order chi connectivity index (χ0) is 17.6. The van der Waals surface area contributed by atoms with Crippen molar-refractivity contribution in [1.82, 2.24) is 4.98 Å². The Hall–Kier alpha value is -2.51. The normalized spacial score (nSPS) is 10.3. The zero-order valence-electron chi connectivity index (χ0n) is 12.9. The lowest BCUT2D eigenvalue weighted by Gasteiger charge is -2.04. The molecule has 1 heterocycles. The first-order valence-corrected chi connectivity index (χ1v) is 9.03. The summed E-state index contributed by atoms with van der Waals surface area (Å²) in [6.07, 6.45) is 0. The van der Waals surface area contributed by atoms with E-state index < -0.39 is 11.9 Å². The number of nitrogens with zero attached hydrogens (tertiary/aromatic N) is 1. The van der Waals surface area contributed by atoms with Gasteiger partial charge in [0.1, 0.15) is 6.61 Å². The highest BCUT2D eigenvalue weighted by molar-refractivity contribution is 9.10. The van der Waals surface area contributed by atoms with Gasteiger partial charge < -0.3 is 4.74 Å². The number of halogens is 1. The van der Waals surface area contributed by atoms with Gasteiger partial charge in [0.15, 0.2) is 5.13 Å². The summed E-state index contributed by atoms with van der Waals surface area (Å²) in [6, 6.07) is 16.8. The van der Waals surface area contributed by atoms with Gasteiger partial charge in [-0.15, -0.1) is 11.3 Å². The third-order valence-corrected chi connectivity index (χ3v) is 4.72. The van der Waals surface area contributed by atoms with E-state index in [4.69, 9.17) is 4.74 Å². The monoisotopic (exact) mass is 416 g/mol. The summed E-state index contributed by atoms with van der Waals surface area (Å²) in [5, 5.41) is 4.62. The Kier molecular flexibility index (Phi) is 5.57. The van der Waals surface area contributed by atoms with Gasteiger partial charge in [0, 0.05) is 15.4 Å². The smallest absolute Gasteiger partial charge is 0.397 e. The molecule has 0 radical (unpaired) electrons.